The zero-order valence-electron chi connectivity index (χ0n) is 15.5. The third kappa shape index (κ3) is 3.81. The van der Waals surface area contributed by atoms with Crippen LogP contribution in [0.5, 0.6) is 11.5 Å². The minimum atomic E-state index is -0.359. The first kappa shape index (κ1) is 20.1. The van der Waals surface area contributed by atoms with Crippen molar-refractivity contribution in [2.45, 2.75) is 6.61 Å². The van der Waals surface area contributed by atoms with Crippen LogP contribution < -0.4 is 9.47 Å². The van der Waals surface area contributed by atoms with Gasteiger partial charge in [0.05, 0.1) is 12.1 Å². The lowest BCUT2D eigenvalue weighted by Crippen LogP contribution is -2.26. The normalized spacial score (nSPS) is 15.5. The van der Waals surface area contributed by atoms with Crippen molar-refractivity contribution in [3.63, 3.8) is 0 Å². The summed E-state index contributed by atoms with van der Waals surface area (Å²) in [6.07, 6.45) is 1.67. The van der Waals surface area contributed by atoms with Crippen LogP contribution in [0.4, 0.5) is 4.39 Å². The Bertz CT molecular complexity index is 980. The summed E-state index contributed by atoms with van der Waals surface area (Å²) in [4.78, 5) is 15.4. The first-order valence-electron chi connectivity index (χ1n) is 8.34. The number of benzene rings is 2. The quantitative estimate of drug-likeness (QED) is 0.538. The van der Waals surface area contributed by atoms with E-state index in [2.05, 4.69) is 0 Å². The van der Waals surface area contributed by atoms with Crippen LogP contribution in [0, 0.1) is 5.82 Å². The van der Waals surface area contributed by atoms with Crippen LogP contribution in [-0.2, 0) is 11.4 Å². The van der Waals surface area contributed by atoms with Gasteiger partial charge < -0.3 is 14.4 Å². The molecule has 1 saturated heterocycles. The minimum Gasteiger partial charge on any atom is -0.493 e. The lowest BCUT2D eigenvalue weighted by atomic mass is 10.1. The molecule has 0 saturated carbocycles. The van der Waals surface area contributed by atoms with E-state index in [-0.39, 0.29) is 23.4 Å². The van der Waals surface area contributed by atoms with Crippen LogP contribution in [0.15, 0.2) is 42.1 Å². The lowest BCUT2D eigenvalue weighted by molar-refractivity contribution is -0.121. The van der Waals surface area contributed by atoms with E-state index in [0.717, 1.165) is 0 Å². The molecule has 0 atom stereocenters. The summed E-state index contributed by atoms with van der Waals surface area (Å²) in [6, 6.07) is 9.68. The Labute approximate surface area is 172 Å². The molecule has 1 aliphatic heterocycles. The molecule has 0 N–H and O–H groups in total. The van der Waals surface area contributed by atoms with E-state index in [0.29, 0.717) is 33.4 Å². The van der Waals surface area contributed by atoms with Gasteiger partial charge in [0.2, 0.25) is 0 Å². The fourth-order valence-corrected chi connectivity index (χ4v) is 3.23. The molecule has 5 nitrogen and oxygen atoms in total. The second-order valence-corrected chi connectivity index (χ2v) is 6.92. The maximum atomic E-state index is 13.8. The van der Waals surface area contributed by atoms with Crippen molar-refractivity contribution in [1.82, 2.24) is 9.80 Å². The van der Waals surface area contributed by atoms with Crippen molar-refractivity contribution in [2.75, 3.05) is 21.2 Å². The van der Waals surface area contributed by atoms with Crippen LogP contribution in [0.3, 0.4) is 0 Å². The molecule has 2 aromatic carbocycles. The number of thiocarbonyl (C=S) groups is 1. The number of carbonyl (C=O) groups excluding carboxylic acids is 1. The Morgan fingerprint density at radius 3 is 2.54 bits per heavy atom. The SMILES string of the molecule is COc1cc(/C=C2/C(=O)N(C)C(=S)N2C)cc(Cl)c1OCc1ccccc1F. The van der Waals surface area contributed by atoms with E-state index in [1.165, 1.54) is 18.1 Å². The number of likely N-dealkylation sites (N-methyl/N-ethyl adjacent to an activating group) is 2. The number of nitrogens with zero attached hydrogens (tertiary/aromatic N) is 2. The third-order valence-corrected chi connectivity index (χ3v) is 5.17. The molecule has 3 rings (SSSR count). The molecule has 8 heteroatoms. The topological polar surface area (TPSA) is 42.0 Å². The highest BCUT2D eigenvalue weighted by Gasteiger charge is 2.32. The largest absolute Gasteiger partial charge is 0.493 e. The third-order valence-electron chi connectivity index (χ3n) is 4.34. The number of hydrogen-bond acceptors (Lipinski definition) is 4. The van der Waals surface area contributed by atoms with Crippen molar-refractivity contribution < 1.29 is 18.7 Å². The predicted octanol–water partition coefficient (Wildman–Crippen LogP) is 4.10. The van der Waals surface area contributed by atoms with Crippen molar-refractivity contribution >= 4 is 40.9 Å². The molecule has 1 aliphatic rings. The highest BCUT2D eigenvalue weighted by atomic mass is 35.5. The molecule has 146 valence electrons. The van der Waals surface area contributed by atoms with Gasteiger partial charge in [0.1, 0.15) is 18.1 Å². The van der Waals surface area contributed by atoms with E-state index in [1.54, 1.807) is 55.4 Å². The van der Waals surface area contributed by atoms with E-state index < -0.39 is 0 Å². The van der Waals surface area contributed by atoms with Crippen LogP contribution in [0.1, 0.15) is 11.1 Å². The van der Waals surface area contributed by atoms with Crippen LogP contribution in [0.25, 0.3) is 6.08 Å². The number of amides is 1. The van der Waals surface area contributed by atoms with Crippen LogP contribution in [0.2, 0.25) is 5.02 Å². The number of rotatable bonds is 5. The fourth-order valence-electron chi connectivity index (χ4n) is 2.78. The summed E-state index contributed by atoms with van der Waals surface area (Å²) in [6.45, 7) is 0.00345. The van der Waals surface area contributed by atoms with E-state index >= 15 is 0 Å². The molecule has 0 aromatic heterocycles. The second-order valence-electron chi connectivity index (χ2n) is 6.15. The smallest absolute Gasteiger partial charge is 0.276 e. The standard InChI is InChI=1S/C20H18ClFN2O3S/c1-23-16(19(25)24(2)20(23)28)9-12-8-14(21)18(17(10-12)26-3)27-11-13-6-4-5-7-15(13)22/h4-10H,11H2,1-3H3/b16-9-. The van der Waals surface area contributed by atoms with Gasteiger partial charge >= 0.3 is 0 Å². The molecule has 1 amide bonds. The zero-order chi connectivity index (χ0) is 20.4. The Morgan fingerprint density at radius 1 is 1.21 bits per heavy atom. The molecular weight excluding hydrogens is 403 g/mol. The Hall–Kier alpha value is -2.64. The maximum absolute atomic E-state index is 13.8. The molecule has 0 spiro atoms. The monoisotopic (exact) mass is 420 g/mol. The van der Waals surface area contributed by atoms with Gasteiger partial charge in [0, 0.05) is 19.7 Å². The van der Waals surface area contributed by atoms with Gasteiger partial charge in [-0.2, -0.15) is 0 Å². The van der Waals surface area contributed by atoms with E-state index in [9.17, 15) is 9.18 Å². The Morgan fingerprint density at radius 2 is 1.93 bits per heavy atom. The van der Waals surface area contributed by atoms with E-state index in [1.807, 2.05) is 0 Å². The van der Waals surface area contributed by atoms with Gasteiger partial charge in [-0.15, -0.1) is 0 Å². The molecule has 0 aliphatic carbocycles. The number of methoxy groups -OCH3 is 1. The van der Waals surface area contributed by atoms with Gasteiger partial charge in [-0.3, -0.25) is 9.69 Å². The summed E-state index contributed by atoms with van der Waals surface area (Å²) in [7, 11) is 4.82. The highest BCUT2D eigenvalue weighted by molar-refractivity contribution is 7.80. The van der Waals surface area contributed by atoms with Gasteiger partial charge in [0.15, 0.2) is 16.6 Å². The first-order chi connectivity index (χ1) is 13.3. The molecule has 0 unspecified atom stereocenters. The molecule has 28 heavy (non-hydrogen) atoms. The average Bonchev–Trinajstić information content (AvgIpc) is 2.86. The summed E-state index contributed by atoms with van der Waals surface area (Å²) in [5, 5.41) is 0.700. The Balaban J connectivity index is 1.90. The number of ether oxygens (including phenoxy) is 2. The molecule has 0 bridgehead atoms. The summed E-state index contributed by atoms with van der Waals surface area (Å²) < 4.78 is 24.9. The van der Waals surface area contributed by atoms with Gasteiger partial charge in [0.25, 0.3) is 5.91 Å². The fraction of sp³-hybridized carbons (Fsp3) is 0.200. The van der Waals surface area contributed by atoms with Crippen LogP contribution in [-0.4, -0.2) is 42.0 Å². The maximum Gasteiger partial charge on any atom is 0.276 e. The second kappa shape index (κ2) is 8.16. The molecule has 0 radical (unpaired) electrons. The number of halogens is 2. The summed E-state index contributed by atoms with van der Waals surface area (Å²) in [5.74, 6) is 0.109. The van der Waals surface area contributed by atoms with Gasteiger partial charge in [-0.05, 0) is 42.1 Å². The van der Waals surface area contributed by atoms with Crippen molar-refractivity contribution in [3.05, 3.63) is 64.1 Å². The summed E-state index contributed by atoms with van der Waals surface area (Å²) in [5.41, 5.74) is 1.47. The van der Waals surface area contributed by atoms with Crippen molar-refractivity contribution in [1.29, 1.82) is 0 Å². The van der Waals surface area contributed by atoms with Gasteiger partial charge in [-0.1, -0.05) is 29.8 Å². The minimum absolute atomic E-state index is 0.00345. The predicted molar refractivity (Wildman–Crippen MR) is 110 cm³/mol. The number of carbonyl (C=O) groups is 1. The van der Waals surface area contributed by atoms with Crippen LogP contribution >= 0.6 is 23.8 Å². The van der Waals surface area contributed by atoms with Crippen molar-refractivity contribution in [2.24, 2.45) is 0 Å². The molecule has 1 fully saturated rings. The number of hydrogen-bond donors (Lipinski definition) is 0. The van der Waals surface area contributed by atoms with Gasteiger partial charge in [-0.25, -0.2) is 4.39 Å². The molecular formula is C20H18ClFN2O3S. The zero-order valence-corrected chi connectivity index (χ0v) is 17.1. The Kier molecular flexibility index (Phi) is 5.86. The highest BCUT2D eigenvalue weighted by Crippen LogP contribution is 2.38. The first-order valence-corrected chi connectivity index (χ1v) is 9.13. The average molecular weight is 421 g/mol. The van der Waals surface area contributed by atoms with Crippen molar-refractivity contribution in [3.8, 4) is 11.5 Å². The molecule has 1 heterocycles. The summed E-state index contributed by atoms with van der Waals surface area (Å²) >= 11 is 11.6. The van der Waals surface area contributed by atoms with E-state index in [4.69, 9.17) is 33.3 Å². The molecule has 2 aromatic rings. The lowest BCUT2D eigenvalue weighted by Gasteiger charge is -2.14.